The maximum atomic E-state index is 5.92. The van der Waals surface area contributed by atoms with Gasteiger partial charge in [-0.05, 0) is 18.8 Å². The van der Waals surface area contributed by atoms with Crippen molar-refractivity contribution in [1.82, 2.24) is 0 Å². The maximum Gasteiger partial charge on any atom is 0.00791 e. The molecule has 3 atom stereocenters. The van der Waals surface area contributed by atoms with E-state index in [9.17, 15) is 0 Å². The molecule has 0 rings (SSSR count). The van der Waals surface area contributed by atoms with Crippen LogP contribution in [0.5, 0.6) is 0 Å². The number of hydrogen-bond donors (Lipinski definition) is 2. The second-order valence-electron chi connectivity index (χ2n) is 3.45. The van der Waals surface area contributed by atoms with Gasteiger partial charge in [0.05, 0.1) is 0 Å². The van der Waals surface area contributed by atoms with Gasteiger partial charge in [0.1, 0.15) is 0 Å². The van der Waals surface area contributed by atoms with Crippen molar-refractivity contribution >= 4 is 0 Å². The molecule has 0 saturated heterocycles. The summed E-state index contributed by atoms with van der Waals surface area (Å²) in [5, 5.41) is 0. The van der Waals surface area contributed by atoms with Gasteiger partial charge in [-0.15, -0.1) is 0 Å². The topological polar surface area (TPSA) is 52.0 Å². The summed E-state index contributed by atoms with van der Waals surface area (Å²) in [6, 6.07) is 0.578. The lowest BCUT2D eigenvalue weighted by Crippen LogP contribution is -2.35. The molecule has 0 spiro atoms. The van der Waals surface area contributed by atoms with Crippen molar-refractivity contribution in [1.29, 1.82) is 0 Å². The molecule has 0 aliphatic heterocycles. The zero-order valence-corrected chi connectivity index (χ0v) is 8.01. The van der Waals surface area contributed by atoms with E-state index in [0.717, 1.165) is 19.3 Å². The minimum atomic E-state index is 0.287. The fourth-order valence-electron chi connectivity index (χ4n) is 1.05. The smallest absolute Gasteiger partial charge is 0.00791 e. The van der Waals surface area contributed by atoms with Gasteiger partial charge < -0.3 is 11.5 Å². The summed E-state index contributed by atoms with van der Waals surface area (Å²) in [4.78, 5) is 0. The van der Waals surface area contributed by atoms with Crippen molar-refractivity contribution in [3.05, 3.63) is 0 Å². The zero-order chi connectivity index (χ0) is 8.85. The Morgan fingerprint density at radius 2 is 1.64 bits per heavy atom. The van der Waals surface area contributed by atoms with Crippen LogP contribution in [0.3, 0.4) is 0 Å². The van der Waals surface area contributed by atoms with Crippen molar-refractivity contribution in [3.8, 4) is 0 Å². The lowest BCUT2D eigenvalue weighted by molar-refractivity contribution is 0.387. The quantitative estimate of drug-likeness (QED) is 0.637. The minimum absolute atomic E-state index is 0.287. The largest absolute Gasteiger partial charge is 0.328 e. The van der Waals surface area contributed by atoms with Crippen molar-refractivity contribution < 1.29 is 0 Å². The molecule has 0 aromatic heterocycles. The lowest BCUT2D eigenvalue weighted by Gasteiger charge is -2.21. The van der Waals surface area contributed by atoms with Gasteiger partial charge in [-0.1, -0.05) is 27.2 Å². The molecule has 0 heterocycles. The zero-order valence-electron chi connectivity index (χ0n) is 8.01. The highest BCUT2D eigenvalue weighted by molar-refractivity contribution is 4.73. The van der Waals surface area contributed by atoms with E-state index < -0.39 is 0 Å². The molecule has 11 heavy (non-hydrogen) atoms. The molecule has 0 aromatic rings. The fourth-order valence-corrected chi connectivity index (χ4v) is 1.05. The third kappa shape index (κ3) is 4.38. The van der Waals surface area contributed by atoms with Crippen LogP contribution in [-0.4, -0.2) is 12.1 Å². The van der Waals surface area contributed by atoms with Gasteiger partial charge in [0, 0.05) is 12.1 Å². The Balaban J connectivity index is 3.58. The number of rotatable bonds is 5. The van der Waals surface area contributed by atoms with Crippen LogP contribution in [0.2, 0.25) is 0 Å². The van der Waals surface area contributed by atoms with Gasteiger partial charge in [0.2, 0.25) is 0 Å². The Bertz CT molecular complexity index is 93.6. The van der Waals surface area contributed by atoms with E-state index >= 15 is 0 Å². The summed E-state index contributed by atoms with van der Waals surface area (Å²) >= 11 is 0. The fraction of sp³-hybridized carbons (Fsp3) is 1.00. The second-order valence-corrected chi connectivity index (χ2v) is 3.45. The first-order valence-electron chi connectivity index (χ1n) is 4.62. The minimum Gasteiger partial charge on any atom is -0.328 e. The Hall–Kier alpha value is -0.0800. The molecule has 0 fully saturated rings. The maximum absolute atomic E-state index is 5.92. The van der Waals surface area contributed by atoms with E-state index in [1.807, 2.05) is 0 Å². The molecule has 3 unspecified atom stereocenters. The second kappa shape index (κ2) is 5.56. The van der Waals surface area contributed by atoms with E-state index in [2.05, 4.69) is 20.8 Å². The van der Waals surface area contributed by atoms with Crippen molar-refractivity contribution in [2.24, 2.45) is 17.4 Å². The third-order valence-electron chi connectivity index (χ3n) is 2.47. The van der Waals surface area contributed by atoms with E-state index in [-0.39, 0.29) is 6.04 Å². The molecular weight excluding hydrogens is 136 g/mol. The molecule has 0 bridgehead atoms. The molecule has 0 aliphatic carbocycles. The molecular formula is C9H22N2. The predicted octanol–water partition coefficient (Wildman–Crippen LogP) is 1.49. The van der Waals surface area contributed by atoms with E-state index in [1.165, 1.54) is 0 Å². The average Bonchev–Trinajstić information content (AvgIpc) is 2.02. The molecule has 2 nitrogen and oxygen atoms in total. The monoisotopic (exact) mass is 158 g/mol. The van der Waals surface area contributed by atoms with Crippen LogP contribution in [0.1, 0.15) is 40.0 Å². The van der Waals surface area contributed by atoms with Crippen molar-refractivity contribution in [2.45, 2.75) is 52.1 Å². The Kier molecular flexibility index (Phi) is 5.51. The standard InChI is InChI=1S/C9H22N2/c1-4-7(3)9(11)6-8(10)5-2/h7-9H,4-6,10-11H2,1-3H3. The summed E-state index contributed by atoms with van der Waals surface area (Å²) in [5.74, 6) is 0.604. The van der Waals surface area contributed by atoms with Gasteiger partial charge in [0.15, 0.2) is 0 Å². The van der Waals surface area contributed by atoms with Gasteiger partial charge in [-0.2, -0.15) is 0 Å². The molecule has 0 radical (unpaired) electrons. The first kappa shape index (κ1) is 10.9. The summed E-state index contributed by atoms with van der Waals surface area (Å²) in [6.45, 7) is 6.46. The summed E-state index contributed by atoms with van der Waals surface area (Å²) < 4.78 is 0. The Morgan fingerprint density at radius 1 is 1.09 bits per heavy atom. The number of hydrogen-bond acceptors (Lipinski definition) is 2. The lowest BCUT2D eigenvalue weighted by atomic mass is 9.93. The van der Waals surface area contributed by atoms with Crippen molar-refractivity contribution in [2.75, 3.05) is 0 Å². The molecule has 0 amide bonds. The molecule has 2 heteroatoms. The summed E-state index contributed by atoms with van der Waals surface area (Å²) in [5.41, 5.74) is 11.7. The normalized spacial score (nSPS) is 19.4. The molecule has 0 saturated carbocycles. The Labute approximate surface area is 70.3 Å². The van der Waals surface area contributed by atoms with E-state index in [1.54, 1.807) is 0 Å². The summed E-state index contributed by atoms with van der Waals surface area (Å²) in [7, 11) is 0. The molecule has 0 aromatic carbocycles. The van der Waals surface area contributed by atoms with Gasteiger partial charge in [-0.3, -0.25) is 0 Å². The first-order valence-corrected chi connectivity index (χ1v) is 4.62. The number of nitrogens with two attached hydrogens (primary N) is 2. The summed E-state index contributed by atoms with van der Waals surface area (Å²) in [6.07, 6.45) is 3.15. The van der Waals surface area contributed by atoms with E-state index in [0.29, 0.717) is 12.0 Å². The molecule has 4 N–H and O–H groups in total. The van der Waals surface area contributed by atoms with Crippen LogP contribution in [-0.2, 0) is 0 Å². The van der Waals surface area contributed by atoms with Crippen LogP contribution < -0.4 is 11.5 Å². The predicted molar refractivity (Wildman–Crippen MR) is 50.3 cm³/mol. The van der Waals surface area contributed by atoms with Crippen LogP contribution in [0, 0.1) is 5.92 Å². The highest BCUT2D eigenvalue weighted by Gasteiger charge is 2.13. The SMILES string of the molecule is CCC(N)CC(N)C(C)CC. The highest BCUT2D eigenvalue weighted by Crippen LogP contribution is 2.10. The first-order chi connectivity index (χ1) is 5.11. The molecule has 0 aliphatic rings. The van der Waals surface area contributed by atoms with Crippen LogP contribution in [0.4, 0.5) is 0 Å². The highest BCUT2D eigenvalue weighted by atomic mass is 14.7. The van der Waals surface area contributed by atoms with Crippen LogP contribution in [0.25, 0.3) is 0 Å². The van der Waals surface area contributed by atoms with Gasteiger partial charge in [-0.25, -0.2) is 0 Å². The van der Waals surface area contributed by atoms with E-state index in [4.69, 9.17) is 11.5 Å². The third-order valence-corrected chi connectivity index (χ3v) is 2.47. The van der Waals surface area contributed by atoms with Crippen molar-refractivity contribution in [3.63, 3.8) is 0 Å². The van der Waals surface area contributed by atoms with Gasteiger partial charge in [0.25, 0.3) is 0 Å². The molecule has 68 valence electrons. The average molecular weight is 158 g/mol. The van der Waals surface area contributed by atoms with Crippen LogP contribution in [0.15, 0.2) is 0 Å². The van der Waals surface area contributed by atoms with Crippen LogP contribution >= 0.6 is 0 Å². The Morgan fingerprint density at radius 3 is 2.00 bits per heavy atom. The van der Waals surface area contributed by atoms with Gasteiger partial charge >= 0.3 is 0 Å².